The van der Waals surface area contributed by atoms with Gasteiger partial charge in [-0.1, -0.05) is 114 Å². The normalized spacial score (nSPS) is 11.5. The minimum Gasteiger partial charge on any atom is -0.871 e. The number of azo groups is 2. The summed E-state index contributed by atoms with van der Waals surface area (Å²) in [5.74, 6) is -2.08. The van der Waals surface area contributed by atoms with Crippen molar-refractivity contribution in [1.82, 2.24) is 0 Å². The van der Waals surface area contributed by atoms with Crippen LogP contribution in [0.4, 0.5) is 28.4 Å². The van der Waals surface area contributed by atoms with E-state index >= 15 is 0 Å². The molecule has 0 unspecified atom stereocenters. The van der Waals surface area contributed by atoms with Crippen molar-refractivity contribution in [3.63, 3.8) is 0 Å². The standard InChI is InChI=1S/C20H14N2O5S.C16H11N3O4.Cr/c23-16-10-9-12-5-1-2-6-13(12)19(16)21-22-20-15-8-4-3-7-14(15)18(11-17(20)24)28(25,26)27;20-15-8-11-4-2-1-3-10(11)7-14(15)18-17-13-6-5-12(19(22)23)9-16(13)21;/h1-11,23-24H,(H,25,26,27);1-9,20-21H;/q;;+3/p-5. The summed E-state index contributed by atoms with van der Waals surface area (Å²) in [5, 5.41) is 77.7. The molecule has 257 valence electrons. The summed E-state index contributed by atoms with van der Waals surface area (Å²) >= 11 is 0. The first-order valence-corrected chi connectivity index (χ1v) is 16.2. The van der Waals surface area contributed by atoms with Crippen LogP contribution in [-0.4, -0.2) is 17.9 Å². The molecule has 0 aliphatic rings. The van der Waals surface area contributed by atoms with Gasteiger partial charge in [0, 0.05) is 28.3 Å². The minimum absolute atomic E-state index is 0. The molecule has 14 nitrogen and oxygen atoms in total. The predicted molar refractivity (Wildman–Crippen MR) is 179 cm³/mol. The number of nitrogens with zero attached hydrogens (tertiary/aromatic N) is 5. The van der Waals surface area contributed by atoms with Gasteiger partial charge in [-0.25, -0.2) is 8.42 Å². The zero-order chi connectivity index (χ0) is 36.3. The summed E-state index contributed by atoms with van der Waals surface area (Å²) in [5.41, 5.74) is -0.355. The Bertz CT molecular complexity index is 2670. The van der Waals surface area contributed by atoms with Gasteiger partial charge in [-0.15, -0.1) is 0 Å². The second kappa shape index (κ2) is 15.2. The van der Waals surface area contributed by atoms with Crippen LogP contribution in [0.1, 0.15) is 0 Å². The Labute approximate surface area is 305 Å². The van der Waals surface area contributed by atoms with Crippen molar-refractivity contribution in [1.29, 1.82) is 0 Å². The zero-order valence-corrected chi connectivity index (χ0v) is 28.4. The number of fused-ring (bicyclic) bond motifs is 3. The van der Waals surface area contributed by atoms with E-state index in [1.165, 1.54) is 30.3 Å². The van der Waals surface area contributed by atoms with Crippen molar-refractivity contribution >= 4 is 70.9 Å². The number of non-ortho nitro benzene ring substituents is 1. The number of benzene rings is 7. The van der Waals surface area contributed by atoms with E-state index in [2.05, 4.69) is 20.5 Å². The van der Waals surface area contributed by atoms with Crippen molar-refractivity contribution < 1.29 is 55.7 Å². The maximum atomic E-state index is 12.4. The van der Waals surface area contributed by atoms with Gasteiger partial charge >= 0.3 is 17.4 Å². The van der Waals surface area contributed by atoms with Gasteiger partial charge in [-0.3, -0.25) is 10.1 Å². The molecular weight excluding hydrogens is 730 g/mol. The van der Waals surface area contributed by atoms with E-state index in [1.54, 1.807) is 36.4 Å². The second-order valence-electron chi connectivity index (χ2n) is 10.8. The number of nitro groups is 1. The molecule has 7 aromatic rings. The first kappa shape index (κ1) is 36.8. The molecule has 7 rings (SSSR count). The van der Waals surface area contributed by atoms with Gasteiger partial charge in [0.1, 0.15) is 10.1 Å². The fourth-order valence-corrected chi connectivity index (χ4v) is 5.84. The van der Waals surface area contributed by atoms with E-state index < -0.39 is 31.4 Å². The molecule has 0 heterocycles. The first-order chi connectivity index (χ1) is 24.4. The largest absolute Gasteiger partial charge is 3.00 e. The van der Waals surface area contributed by atoms with Crippen LogP contribution in [0.5, 0.6) is 23.0 Å². The van der Waals surface area contributed by atoms with Crippen LogP contribution >= 0.6 is 0 Å². The molecule has 0 bridgehead atoms. The SMILES string of the molecule is O=S(=O)([O-])c1cc([O-])c(N=Nc2c([O-])ccc3ccccc23)c2ccccc12.O=[N+]([O-])c1ccc(N=Nc2cc3ccccc3cc2[O-])c([O-])c1.[Cr+3]. The molecule has 0 fully saturated rings. The molecular formula is C36H20CrN5O9S-2. The van der Waals surface area contributed by atoms with Crippen LogP contribution in [0.25, 0.3) is 32.3 Å². The summed E-state index contributed by atoms with van der Waals surface area (Å²) < 4.78 is 34.5. The molecule has 0 amide bonds. The maximum absolute atomic E-state index is 12.4. The molecule has 0 aliphatic heterocycles. The number of nitro benzene ring substituents is 1. The molecule has 0 atom stereocenters. The summed E-state index contributed by atoms with van der Waals surface area (Å²) in [6, 6.07) is 30.4. The fraction of sp³-hybridized carbons (Fsp3) is 0. The van der Waals surface area contributed by atoms with Crippen LogP contribution in [0.2, 0.25) is 0 Å². The number of rotatable bonds is 6. The molecule has 1 radical (unpaired) electrons. The molecule has 7 aromatic carbocycles. The van der Waals surface area contributed by atoms with E-state index in [-0.39, 0.29) is 68.1 Å². The van der Waals surface area contributed by atoms with Crippen molar-refractivity contribution in [2.45, 2.75) is 4.90 Å². The van der Waals surface area contributed by atoms with Crippen molar-refractivity contribution in [2.75, 3.05) is 0 Å². The molecule has 0 aliphatic carbocycles. The topological polar surface area (TPSA) is 242 Å². The average molecular weight is 751 g/mol. The Morgan fingerprint density at radius 1 is 0.500 bits per heavy atom. The average Bonchev–Trinajstić information content (AvgIpc) is 3.11. The van der Waals surface area contributed by atoms with Crippen molar-refractivity contribution in [3.8, 4) is 23.0 Å². The quantitative estimate of drug-likeness (QED) is 0.0752. The van der Waals surface area contributed by atoms with Crippen LogP contribution < -0.4 is 20.4 Å². The van der Waals surface area contributed by atoms with E-state index in [0.29, 0.717) is 5.39 Å². The Kier molecular flexibility index (Phi) is 10.8. The van der Waals surface area contributed by atoms with E-state index in [4.69, 9.17) is 0 Å². The second-order valence-corrected chi connectivity index (χ2v) is 12.2. The summed E-state index contributed by atoms with van der Waals surface area (Å²) in [6.45, 7) is 0. The third kappa shape index (κ3) is 7.80. The van der Waals surface area contributed by atoms with Crippen LogP contribution in [-0.2, 0) is 27.5 Å². The molecule has 0 saturated carbocycles. The van der Waals surface area contributed by atoms with Gasteiger partial charge in [0.15, 0.2) is 0 Å². The van der Waals surface area contributed by atoms with Crippen molar-refractivity contribution in [3.05, 3.63) is 131 Å². The number of hydrogen-bond donors (Lipinski definition) is 0. The molecule has 0 N–H and O–H groups in total. The van der Waals surface area contributed by atoms with E-state index in [0.717, 1.165) is 34.4 Å². The van der Waals surface area contributed by atoms with Crippen LogP contribution in [0.15, 0.2) is 147 Å². The molecule has 16 heteroatoms. The van der Waals surface area contributed by atoms with Gasteiger partial charge in [0.2, 0.25) is 0 Å². The predicted octanol–water partition coefficient (Wildman–Crippen LogP) is 6.77. The smallest absolute Gasteiger partial charge is 0.871 e. The molecule has 0 spiro atoms. The van der Waals surface area contributed by atoms with Crippen molar-refractivity contribution in [2.24, 2.45) is 20.5 Å². The van der Waals surface area contributed by atoms with Gasteiger partial charge in [0.05, 0.1) is 32.6 Å². The first-order valence-electron chi connectivity index (χ1n) is 14.8. The van der Waals surface area contributed by atoms with Gasteiger partial charge in [-0.05, 0) is 34.4 Å². The zero-order valence-electron chi connectivity index (χ0n) is 26.3. The van der Waals surface area contributed by atoms with Gasteiger partial charge in [0.25, 0.3) is 5.69 Å². The van der Waals surface area contributed by atoms with Crippen LogP contribution in [0, 0.1) is 10.1 Å². The summed E-state index contributed by atoms with van der Waals surface area (Å²) in [4.78, 5) is 9.31. The Morgan fingerprint density at radius 3 is 1.67 bits per heavy atom. The Hall–Kier alpha value is -6.44. The summed E-state index contributed by atoms with van der Waals surface area (Å²) in [6.07, 6.45) is 0. The third-order valence-corrected chi connectivity index (χ3v) is 8.45. The monoisotopic (exact) mass is 750 g/mol. The third-order valence-electron chi connectivity index (χ3n) is 7.57. The van der Waals surface area contributed by atoms with Crippen LogP contribution in [0.3, 0.4) is 0 Å². The summed E-state index contributed by atoms with van der Waals surface area (Å²) in [7, 11) is -4.84. The maximum Gasteiger partial charge on any atom is 3.00 e. The number of hydrogen-bond acceptors (Lipinski definition) is 13. The van der Waals surface area contributed by atoms with Gasteiger partial charge < -0.3 is 25.0 Å². The molecule has 0 saturated heterocycles. The Morgan fingerprint density at radius 2 is 1.04 bits per heavy atom. The molecule has 0 aromatic heterocycles. The van der Waals surface area contributed by atoms with E-state index in [1.807, 2.05) is 36.4 Å². The van der Waals surface area contributed by atoms with Gasteiger partial charge in [-0.2, -0.15) is 20.5 Å². The Balaban J connectivity index is 0.000000201. The minimum atomic E-state index is -4.84. The van der Waals surface area contributed by atoms with E-state index in [9.17, 15) is 43.5 Å². The molecule has 52 heavy (non-hydrogen) atoms. The fourth-order valence-electron chi connectivity index (χ4n) is 5.14.